The van der Waals surface area contributed by atoms with Gasteiger partial charge in [-0.25, -0.2) is 4.79 Å². The highest BCUT2D eigenvalue weighted by atomic mass is 16.5. The molecule has 0 aliphatic heterocycles. The Morgan fingerprint density at radius 2 is 2.00 bits per heavy atom. The van der Waals surface area contributed by atoms with Gasteiger partial charge >= 0.3 is 5.97 Å². The summed E-state index contributed by atoms with van der Waals surface area (Å²) in [5.74, 6) is -0.373. The number of nitrogens with two attached hydrogens (primary N) is 1. The van der Waals surface area contributed by atoms with E-state index in [1.807, 2.05) is 19.9 Å². The lowest BCUT2D eigenvalue weighted by molar-refractivity contribution is -0.135. The fourth-order valence-electron chi connectivity index (χ4n) is 1.14. The van der Waals surface area contributed by atoms with Crippen molar-refractivity contribution in [1.29, 1.82) is 0 Å². The van der Waals surface area contributed by atoms with E-state index in [1.165, 1.54) is 7.11 Å². The molecule has 0 saturated heterocycles. The third kappa shape index (κ3) is 3.32. The van der Waals surface area contributed by atoms with Crippen molar-refractivity contribution in [2.75, 3.05) is 7.11 Å². The number of carbonyl (C=O) groups excluding carboxylic acids is 1. The Labute approximate surface area is 79.3 Å². The molecule has 13 heavy (non-hydrogen) atoms. The molecule has 2 N–H and O–H groups in total. The fraction of sp³-hybridized carbons (Fsp3) is 0.500. The van der Waals surface area contributed by atoms with E-state index in [9.17, 15) is 4.79 Å². The van der Waals surface area contributed by atoms with Gasteiger partial charge in [0.05, 0.1) is 12.7 Å². The third-order valence-corrected chi connectivity index (χ3v) is 1.69. The average Bonchev–Trinajstić information content (AvgIpc) is 2.04. The van der Waals surface area contributed by atoms with E-state index in [-0.39, 0.29) is 5.97 Å². The highest BCUT2D eigenvalue weighted by Gasteiger charge is 2.13. The number of carbonyl (C=O) groups is 1. The van der Waals surface area contributed by atoms with Crippen molar-refractivity contribution in [3.05, 3.63) is 22.9 Å². The molecule has 0 radical (unpaired) electrons. The van der Waals surface area contributed by atoms with Crippen molar-refractivity contribution >= 4 is 5.97 Å². The lowest BCUT2D eigenvalue weighted by atomic mass is 10.1. The van der Waals surface area contributed by atoms with Crippen molar-refractivity contribution < 1.29 is 9.53 Å². The van der Waals surface area contributed by atoms with Crippen LogP contribution < -0.4 is 5.73 Å². The number of rotatable bonds is 3. The topological polar surface area (TPSA) is 52.3 Å². The molecule has 0 aromatic heterocycles. The van der Waals surface area contributed by atoms with Crippen molar-refractivity contribution in [2.45, 2.75) is 27.2 Å². The van der Waals surface area contributed by atoms with Crippen LogP contribution in [0.25, 0.3) is 0 Å². The van der Waals surface area contributed by atoms with Gasteiger partial charge in [0, 0.05) is 5.70 Å². The largest absolute Gasteiger partial charge is 0.465 e. The van der Waals surface area contributed by atoms with E-state index in [0.29, 0.717) is 11.3 Å². The first-order chi connectivity index (χ1) is 6.04. The first kappa shape index (κ1) is 11.8. The highest BCUT2D eigenvalue weighted by Crippen LogP contribution is 2.13. The lowest BCUT2D eigenvalue weighted by Gasteiger charge is -2.07. The number of methoxy groups -OCH3 is 1. The van der Waals surface area contributed by atoms with E-state index in [1.54, 1.807) is 6.92 Å². The first-order valence-corrected chi connectivity index (χ1v) is 4.26. The molecule has 0 rings (SSSR count). The van der Waals surface area contributed by atoms with E-state index in [2.05, 4.69) is 4.74 Å². The van der Waals surface area contributed by atoms with E-state index >= 15 is 0 Å². The summed E-state index contributed by atoms with van der Waals surface area (Å²) in [4.78, 5) is 11.3. The summed E-state index contributed by atoms with van der Waals surface area (Å²) < 4.78 is 4.62. The summed E-state index contributed by atoms with van der Waals surface area (Å²) in [7, 11) is 1.35. The van der Waals surface area contributed by atoms with Crippen molar-refractivity contribution in [3.63, 3.8) is 0 Å². The molecule has 0 atom stereocenters. The molecule has 0 aliphatic rings. The van der Waals surface area contributed by atoms with Crippen LogP contribution in [0.15, 0.2) is 22.9 Å². The second-order valence-electron chi connectivity index (χ2n) is 2.84. The van der Waals surface area contributed by atoms with Crippen LogP contribution in [0, 0.1) is 0 Å². The number of allylic oxidation sites excluding steroid dienone is 2. The van der Waals surface area contributed by atoms with Crippen molar-refractivity contribution in [1.82, 2.24) is 0 Å². The summed E-state index contributed by atoms with van der Waals surface area (Å²) in [5, 5.41) is 0. The summed E-state index contributed by atoms with van der Waals surface area (Å²) >= 11 is 0. The SMILES string of the molecule is CC/C=C(C)\C(C(=O)OC)=C(/C)N. The molecule has 0 aromatic rings. The van der Waals surface area contributed by atoms with Crippen molar-refractivity contribution in [3.8, 4) is 0 Å². The number of hydrogen-bond acceptors (Lipinski definition) is 3. The van der Waals surface area contributed by atoms with Gasteiger partial charge in [-0.05, 0) is 25.8 Å². The molecule has 0 amide bonds. The molecule has 0 aromatic carbocycles. The number of ether oxygens (including phenoxy) is 1. The van der Waals surface area contributed by atoms with Gasteiger partial charge < -0.3 is 10.5 Å². The molecule has 0 heterocycles. The predicted octanol–water partition coefficient (Wildman–Crippen LogP) is 1.75. The van der Waals surface area contributed by atoms with Gasteiger partial charge in [0.2, 0.25) is 0 Å². The maximum absolute atomic E-state index is 11.3. The van der Waals surface area contributed by atoms with Gasteiger partial charge in [-0.2, -0.15) is 0 Å². The van der Waals surface area contributed by atoms with Gasteiger partial charge in [-0.15, -0.1) is 0 Å². The maximum Gasteiger partial charge on any atom is 0.339 e. The zero-order valence-electron chi connectivity index (χ0n) is 8.68. The van der Waals surface area contributed by atoms with Crippen LogP contribution in [0.5, 0.6) is 0 Å². The fourth-order valence-corrected chi connectivity index (χ4v) is 1.14. The van der Waals surface area contributed by atoms with E-state index in [0.717, 1.165) is 12.0 Å². The Morgan fingerprint density at radius 3 is 2.31 bits per heavy atom. The zero-order chi connectivity index (χ0) is 10.4. The molecule has 0 saturated carbocycles. The maximum atomic E-state index is 11.3. The lowest BCUT2D eigenvalue weighted by Crippen LogP contribution is -2.12. The van der Waals surface area contributed by atoms with E-state index in [4.69, 9.17) is 5.73 Å². The quantitative estimate of drug-likeness (QED) is 0.412. The second kappa shape index (κ2) is 5.41. The Kier molecular flexibility index (Phi) is 4.89. The van der Waals surface area contributed by atoms with Gasteiger partial charge in [0.1, 0.15) is 0 Å². The molecule has 3 heteroatoms. The standard InChI is InChI=1S/C10H17NO2/c1-5-6-7(2)9(8(3)11)10(12)13-4/h6H,5,11H2,1-4H3/b7-6-,9-8-. The molecule has 0 fully saturated rings. The van der Waals surface area contributed by atoms with Gasteiger partial charge in [0.25, 0.3) is 0 Å². The monoisotopic (exact) mass is 183 g/mol. The molecule has 0 aliphatic carbocycles. The van der Waals surface area contributed by atoms with Crippen LogP contribution in [-0.4, -0.2) is 13.1 Å². The minimum atomic E-state index is -0.373. The van der Waals surface area contributed by atoms with Gasteiger partial charge in [0.15, 0.2) is 0 Å². The first-order valence-electron chi connectivity index (χ1n) is 4.26. The summed E-state index contributed by atoms with van der Waals surface area (Å²) in [5.41, 5.74) is 7.42. The van der Waals surface area contributed by atoms with Crippen LogP contribution >= 0.6 is 0 Å². The summed E-state index contributed by atoms with van der Waals surface area (Å²) in [6.45, 7) is 5.55. The van der Waals surface area contributed by atoms with Gasteiger partial charge in [-0.3, -0.25) is 0 Å². The second-order valence-corrected chi connectivity index (χ2v) is 2.84. The average molecular weight is 183 g/mol. The number of hydrogen-bond donors (Lipinski definition) is 1. The van der Waals surface area contributed by atoms with Gasteiger partial charge in [-0.1, -0.05) is 13.0 Å². The summed E-state index contributed by atoms with van der Waals surface area (Å²) in [6, 6.07) is 0. The van der Waals surface area contributed by atoms with Crippen LogP contribution in [0.2, 0.25) is 0 Å². The van der Waals surface area contributed by atoms with Crippen LogP contribution in [0.3, 0.4) is 0 Å². The minimum absolute atomic E-state index is 0.373. The van der Waals surface area contributed by atoms with Crippen LogP contribution in [0.4, 0.5) is 0 Å². The molecular weight excluding hydrogens is 166 g/mol. The Morgan fingerprint density at radius 1 is 1.46 bits per heavy atom. The molecule has 0 spiro atoms. The molecule has 3 nitrogen and oxygen atoms in total. The Hall–Kier alpha value is -1.25. The molecular formula is C10H17NO2. The van der Waals surface area contributed by atoms with Crippen molar-refractivity contribution in [2.24, 2.45) is 5.73 Å². The molecule has 0 unspecified atom stereocenters. The molecule has 0 bridgehead atoms. The smallest absolute Gasteiger partial charge is 0.339 e. The third-order valence-electron chi connectivity index (χ3n) is 1.69. The zero-order valence-corrected chi connectivity index (χ0v) is 8.68. The van der Waals surface area contributed by atoms with E-state index < -0.39 is 0 Å². The minimum Gasteiger partial charge on any atom is -0.465 e. The molecule has 74 valence electrons. The van der Waals surface area contributed by atoms with Crippen LogP contribution in [0.1, 0.15) is 27.2 Å². The predicted molar refractivity (Wildman–Crippen MR) is 53.0 cm³/mol. The normalized spacial score (nSPS) is 13.7. The Balaban J connectivity index is 4.96. The summed E-state index contributed by atoms with van der Waals surface area (Å²) in [6.07, 6.45) is 2.82. The highest BCUT2D eigenvalue weighted by molar-refractivity contribution is 5.93. The Bertz CT molecular complexity index is 248. The number of esters is 1. The van der Waals surface area contributed by atoms with Crippen LogP contribution in [-0.2, 0) is 9.53 Å².